The largest absolute Gasteiger partial charge is 0.397 e. The molecule has 19 heavy (non-hydrogen) atoms. The van der Waals surface area contributed by atoms with Crippen LogP contribution in [0.25, 0.3) is 0 Å². The minimum absolute atomic E-state index is 0.501. The van der Waals surface area contributed by atoms with Gasteiger partial charge in [0, 0.05) is 25.4 Å². The quantitative estimate of drug-likeness (QED) is 0.357. The highest BCUT2D eigenvalue weighted by molar-refractivity contribution is 6.46. The molecule has 0 N–H and O–H groups in total. The Bertz CT molecular complexity index is 173. The smallest absolute Gasteiger partial charge is 0.326 e. The van der Waals surface area contributed by atoms with Gasteiger partial charge in [-0.3, -0.25) is 0 Å². The molecule has 0 spiro atoms. The van der Waals surface area contributed by atoms with Gasteiger partial charge in [0.1, 0.15) is 0 Å². The predicted octanol–water partition coefficient (Wildman–Crippen LogP) is 4.05. The van der Waals surface area contributed by atoms with Gasteiger partial charge in [0.25, 0.3) is 0 Å². The molecule has 0 rings (SSSR count). The summed E-state index contributed by atoms with van der Waals surface area (Å²) in [7, 11) is -1.56. The van der Waals surface area contributed by atoms with Crippen molar-refractivity contribution in [2.75, 3.05) is 26.4 Å². The Kier molecular flexibility index (Phi) is 14.6. The highest BCUT2D eigenvalue weighted by Crippen LogP contribution is 2.22. The van der Waals surface area contributed by atoms with Crippen molar-refractivity contribution in [3.8, 4) is 0 Å². The zero-order valence-electron chi connectivity index (χ0n) is 13.5. The van der Waals surface area contributed by atoms with Crippen LogP contribution in [-0.2, 0) is 13.6 Å². The van der Waals surface area contributed by atoms with E-state index < -0.39 is 9.28 Å². The average molecular weight is 291 g/mol. The molecule has 0 fully saturated rings. The summed E-state index contributed by atoms with van der Waals surface area (Å²) in [5, 5.41) is 0. The van der Waals surface area contributed by atoms with Crippen LogP contribution in [0.3, 0.4) is 0 Å². The first kappa shape index (κ1) is 19.1. The number of hydrogen-bond acceptors (Lipinski definition) is 3. The van der Waals surface area contributed by atoms with Crippen LogP contribution in [0.4, 0.5) is 0 Å². The number of unbranched alkanes of at least 4 members (excludes halogenated alkanes) is 4. The second-order valence-corrected chi connectivity index (χ2v) is 7.25. The second kappa shape index (κ2) is 14.5. The van der Waals surface area contributed by atoms with Crippen molar-refractivity contribution >= 4 is 9.28 Å². The van der Waals surface area contributed by atoms with E-state index in [1.165, 1.54) is 38.5 Å². The monoisotopic (exact) mass is 290 g/mol. The molecule has 1 atom stereocenters. The first-order valence-electron chi connectivity index (χ1n) is 8.10. The van der Waals surface area contributed by atoms with Crippen LogP contribution in [0.1, 0.15) is 66.2 Å². The number of ether oxygens (including phenoxy) is 1. The van der Waals surface area contributed by atoms with Crippen LogP contribution in [0, 0.1) is 0 Å². The van der Waals surface area contributed by atoms with E-state index in [9.17, 15) is 0 Å². The molecule has 0 bridgehead atoms. The highest BCUT2D eigenvalue weighted by atomic mass is 28.3. The molecule has 0 aromatic heterocycles. The highest BCUT2D eigenvalue weighted by Gasteiger charge is 2.25. The molecular weight excluding hydrogens is 256 g/mol. The molecule has 0 aromatic rings. The van der Waals surface area contributed by atoms with Gasteiger partial charge in [-0.1, -0.05) is 39.0 Å². The van der Waals surface area contributed by atoms with E-state index in [1.54, 1.807) is 0 Å². The van der Waals surface area contributed by atoms with E-state index in [-0.39, 0.29) is 0 Å². The van der Waals surface area contributed by atoms with Crippen LogP contribution in [0.2, 0.25) is 5.54 Å². The van der Waals surface area contributed by atoms with Gasteiger partial charge in [-0.05, 0) is 27.2 Å². The molecule has 0 heterocycles. The Morgan fingerprint density at radius 3 is 1.95 bits per heavy atom. The van der Waals surface area contributed by atoms with E-state index in [1.807, 2.05) is 0 Å². The molecule has 0 aliphatic heterocycles. The summed E-state index contributed by atoms with van der Waals surface area (Å²) in [6, 6.07) is 0. The zero-order chi connectivity index (χ0) is 14.3. The van der Waals surface area contributed by atoms with Crippen LogP contribution >= 0.6 is 0 Å². The molecule has 0 saturated carbocycles. The molecule has 3 nitrogen and oxygen atoms in total. The zero-order valence-corrected chi connectivity index (χ0v) is 14.6. The Balaban J connectivity index is 4.08. The third-order valence-corrected chi connectivity index (χ3v) is 5.88. The van der Waals surface area contributed by atoms with Crippen LogP contribution < -0.4 is 0 Å². The summed E-state index contributed by atoms with van der Waals surface area (Å²) in [4.78, 5) is 0. The lowest BCUT2D eigenvalue weighted by molar-refractivity contribution is 0.121. The van der Waals surface area contributed by atoms with Gasteiger partial charge in [-0.15, -0.1) is 0 Å². The van der Waals surface area contributed by atoms with Gasteiger partial charge in [0.2, 0.25) is 0 Å². The predicted molar refractivity (Wildman–Crippen MR) is 84.0 cm³/mol. The number of hydrogen-bond donors (Lipinski definition) is 0. The first-order valence-corrected chi connectivity index (χ1v) is 9.71. The fraction of sp³-hybridized carbons (Fsp3) is 1.00. The second-order valence-electron chi connectivity index (χ2n) is 4.90. The van der Waals surface area contributed by atoms with Crippen molar-refractivity contribution in [2.45, 2.75) is 71.8 Å². The van der Waals surface area contributed by atoms with Crippen molar-refractivity contribution in [3.05, 3.63) is 0 Å². The SMILES string of the molecule is CCCCCCCC(COCC)[SiH](OCC)OCC. The topological polar surface area (TPSA) is 27.7 Å². The maximum absolute atomic E-state index is 5.86. The average Bonchev–Trinajstić information content (AvgIpc) is 2.42. The molecule has 0 aliphatic rings. The van der Waals surface area contributed by atoms with Gasteiger partial charge in [-0.2, -0.15) is 0 Å². The third-order valence-electron chi connectivity index (χ3n) is 3.26. The molecule has 0 aliphatic carbocycles. The summed E-state index contributed by atoms with van der Waals surface area (Å²) in [5.74, 6) is 0. The maximum atomic E-state index is 5.86. The molecular formula is C15H34O3Si. The van der Waals surface area contributed by atoms with E-state index in [2.05, 4.69) is 27.7 Å². The van der Waals surface area contributed by atoms with Gasteiger partial charge in [0.15, 0.2) is 0 Å². The summed E-state index contributed by atoms with van der Waals surface area (Å²) in [5.41, 5.74) is 0.501. The normalized spacial score (nSPS) is 13.1. The lowest BCUT2D eigenvalue weighted by Gasteiger charge is -2.24. The lowest BCUT2D eigenvalue weighted by atomic mass is 10.1. The Hall–Kier alpha value is 0.0969. The summed E-state index contributed by atoms with van der Waals surface area (Å²) >= 11 is 0. The summed E-state index contributed by atoms with van der Waals surface area (Å²) < 4.78 is 17.3. The standard InChI is InChI=1S/C15H34O3Si/c1-5-9-10-11-12-13-15(14-16-6-2)19(17-7-3)18-8-4/h15,19H,5-14H2,1-4H3. The van der Waals surface area contributed by atoms with Gasteiger partial charge in [-0.25, -0.2) is 0 Å². The van der Waals surface area contributed by atoms with Crippen LogP contribution in [0.15, 0.2) is 0 Å². The molecule has 0 saturated heterocycles. The Morgan fingerprint density at radius 2 is 1.42 bits per heavy atom. The van der Waals surface area contributed by atoms with E-state index in [0.717, 1.165) is 26.4 Å². The number of rotatable bonds is 14. The van der Waals surface area contributed by atoms with Gasteiger partial charge in [0.05, 0.1) is 6.61 Å². The Morgan fingerprint density at radius 1 is 0.789 bits per heavy atom. The third kappa shape index (κ3) is 10.5. The molecule has 4 heteroatoms. The van der Waals surface area contributed by atoms with Crippen LogP contribution in [0.5, 0.6) is 0 Å². The van der Waals surface area contributed by atoms with Gasteiger partial charge >= 0.3 is 9.28 Å². The molecule has 1 unspecified atom stereocenters. The Labute approximate surface area is 121 Å². The molecule has 116 valence electrons. The summed E-state index contributed by atoms with van der Waals surface area (Å²) in [6.07, 6.45) is 7.82. The maximum Gasteiger partial charge on any atom is 0.326 e. The minimum atomic E-state index is -1.56. The van der Waals surface area contributed by atoms with Crippen molar-refractivity contribution in [3.63, 3.8) is 0 Å². The van der Waals surface area contributed by atoms with Crippen molar-refractivity contribution in [1.29, 1.82) is 0 Å². The van der Waals surface area contributed by atoms with Crippen molar-refractivity contribution in [1.82, 2.24) is 0 Å². The van der Waals surface area contributed by atoms with Gasteiger partial charge < -0.3 is 13.6 Å². The van der Waals surface area contributed by atoms with E-state index >= 15 is 0 Å². The lowest BCUT2D eigenvalue weighted by Crippen LogP contribution is -2.32. The van der Waals surface area contributed by atoms with E-state index in [0.29, 0.717) is 5.54 Å². The molecule has 0 radical (unpaired) electrons. The fourth-order valence-electron chi connectivity index (χ4n) is 2.23. The fourth-order valence-corrected chi connectivity index (χ4v) is 4.32. The first-order chi connectivity index (χ1) is 9.29. The molecule has 0 amide bonds. The molecule has 0 aromatic carbocycles. The van der Waals surface area contributed by atoms with E-state index in [4.69, 9.17) is 13.6 Å². The minimum Gasteiger partial charge on any atom is -0.397 e. The summed E-state index contributed by atoms with van der Waals surface area (Å²) in [6.45, 7) is 11.5. The van der Waals surface area contributed by atoms with Crippen LogP contribution in [-0.4, -0.2) is 35.7 Å². The van der Waals surface area contributed by atoms with Crippen molar-refractivity contribution in [2.24, 2.45) is 0 Å². The van der Waals surface area contributed by atoms with Crippen molar-refractivity contribution < 1.29 is 13.6 Å².